The standard InChI is InChI=1S/C12H10F3NO2S/c1-8(17)19-6-2-3-9-4-5-10(7-11(9)16)18-12(13,14)15/h4-5,7H,6,16H2,1H3. The van der Waals surface area contributed by atoms with Gasteiger partial charge in [-0.3, -0.25) is 4.79 Å². The largest absolute Gasteiger partial charge is 0.573 e. The third-order valence-corrected chi connectivity index (χ3v) is 2.52. The molecule has 0 amide bonds. The van der Waals surface area contributed by atoms with Crippen molar-refractivity contribution in [2.45, 2.75) is 13.3 Å². The number of ether oxygens (including phenoxy) is 1. The smallest absolute Gasteiger partial charge is 0.406 e. The monoisotopic (exact) mass is 289 g/mol. The van der Waals surface area contributed by atoms with E-state index in [-0.39, 0.29) is 10.8 Å². The highest BCUT2D eigenvalue weighted by Crippen LogP contribution is 2.25. The van der Waals surface area contributed by atoms with Crippen LogP contribution in [-0.4, -0.2) is 17.2 Å². The summed E-state index contributed by atoms with van der Waals surface area (Å²) in [6.07, 6.45) is -4.75. The number of hydrogen-bond acceptors (Lipinski definition) is 4. The van der Waals surface area contributed by atoms with Gasteiger partial charge in [-0.15, -0.1) is 13.2 Å². The van der Waals surface area contributed by atoms with Crippen LogP contribution in [0.1, 0.15) is 12.5 Å². The van der Waals surface area contributed by atoms with Crippen LogP contribution in [0.3, 0.4) is 0 Å². The molecule has 1 aromatic carbocycles. The van der Waals surface area contributed by atoms with E-state index in [4.69, 9.17) is 5.73 Å². The molecule has 0 aromatic heterocycles. The van der Waals surface area contributed by atoms with Gasteiger partial charge in [0, 0.05) is 18.6 Å². The number of carbonyl (C=O) groups excluding carboxylic acids is 1. The number of thioether (sulfide) groups is 1. The predicted octanol–water partition coefficient (Wildman–Crippen LogP) is 2.80. The molecule has 3 nitrogen and oxygen atoms in total. The van der Waals surface area contributed by atoms with E-state index in [1.165, 1.54) is 13.0 Å². The Hall–Kier alpha value is -1.81. The number of halogens is 3. The van der Waals surface area contributed by atoms with Crippen molar-refractivity contribution in [3.05, 3.63) is 23.8 Å². The molecule has 0 spiro atoms. The number of carbonyl (C=O) groups is 1. The Morgan fingerprint density at radius 2 is 2.16 bits per heavy atom. The molecule has 0 radical (unpaired) electrons. The van der Waals surface area contributed by atoms with Gasteiger partial charge in [-0.25, -0.2) is 0 Å². The third-order valence-electron chi connectivity index (χ3n) is 1.83. The van der Waals surface area contributed by atoms with Crippen LogP contribution >= 0.6 is 11.8 Å². The zero-order chi connectivity index (χ0) is 14.5. The lowest BCUT2D eigenvalue weighted by atomic mass is 10.2. The summed E-state index contributed by atoms with van der Waals surface area (Å²) in [5.74, 6) is 5.27. The Labute approximate surface area is 112 Å². The van der Waals surface area contributed by atoms with Crippen molar-refractivity contribution < 1.29 is 22.7 Å². The topological polar surface area (TPSA) is 52.3 Å². The van der Waals surface area contributed by atoms with Crippen LogP contribution in [-0.2, 0) is 4.79 Å². The summed E-state index contributed by atoms with van der Waals surface area (Å²) in [4.78, 5) is 10.6. The molecule has 0 unspecified atom stereocenters. The number of nitrogens with two attached hydrogens (primary N) is 1. The van der Waals surface area contributed by atoms with Gasteiger partial charge in [0.05, 0.1) is 11.4 Å². The second-order valence-electron chi connectivity index (χ2n) is 3.38. The fourth-order valence-electron chi connectivity index (χ4n) is 1.12. The van der Waals surface area contributed by atoms with E-state index in [1.807, 2.05) is 0 Å². The molecule has 0 fully saturated rings. The van der Waals surface area contributed by atoms with Crippen molar-refractivity contribution in [2.75, 3.05) is 11.5 Å². The lowest BCUT2D eigenvalue weighted by molar-refractivity contribution is -0.274. The first-order valence-corrected chi connectivity index (χ1v) is 6.04. The minimum absolute atomic E-state index is 0.0591. The normalized spacial score (nSPS) is 10.5. The first-order chi connectivity index (χ1) is 8.78. The molecule has 2 N–H and O–H groups in total. The fraction of sp³-hybridized carbons (Fsp3) is 0.250. The van der Waals surface area contributed by atoms with Crippen LogP contribution < -0.4 is 10.5 Å². The highest BCUT2D eigenvalue weighted by Gasteiger charge is 2.31. The number of anilines is 1. The first-order valence-electron chi connectivity index (χ1n) is 5.05. The molecule has 0 aliphatic heterocycles. The Morgan fingerprint density at radius 3 is 2.68 bits per heavy atom. The Morgan fingerprint density at radius 1 is 1.47 bits per heavy atom. The molecule has 0 atom stereocenters. The first kappa shape index (κ1) is 15.2. The molecular weight excluding hydrogens is 279 g/mol. The minimum atomic E-state index is -4.75. The van der Waals surface area contributed by atoms with Crippen LogP contribution in [0.4, 0.5) is 18.9 Å². The van der Waals surface area contributed by atoms with E-state index in [1.54, 1.807) is 0 Å². The molecule has 0 heterocycles. The zero-order valence-electron chi connectivity index (χ0n) is 9.88. The summed E-state index contributed by atoms with van der Waals surface area (Å²) in [5.41, 5.74) is 6.03. The molecule has 0 aliphatic rings. The van der Waals surface area contributed by atoms with E-state index >= 15 is 0 Å². The second kappa shape index (κ2) is 6.38. The second-order valence-corrected chi connectivity index (χ2v) is 4.53. The Balaban J connectivity index is 2.75. The van der Waals surface area contributed by atoms with Gasteiger partial charge >= 0.3 is 6.36 Å². The number of benzene rings is 1. The summed E-state index contributed by atoms with van der Waals surface area (Å²) in [5, 5.41) is -0.0591. The number of hydrogen-bond donors (Lipinski definition) is 1. The maximum absolute atomic E-state index is 12.0. The molecule has 0 bridgehead atoms. The molecular formula is C12H10F3NO2S. The average Bonchev–Trinajstić information content (AvgIpc) is 2.24. The summed E-state index contributed by atoms with van der Waals surface area (Å²) in [6.45, 7) is 1.42. The van der Waals surface area contributed by atoms with Gasteiger partial charge in [0.15, 0.2) is 5.12 Å². The Bertz CT molecular complexity index is 532. The van der Waals surface area contributed by atoms with Gasteiger partial charge in [-0.1, -0.05) is 23.6 Å². The van der Waals surface area contributed by atoms with Gasteiger partial charge in [0.25, 0.3) is 0 Å². The van der Waals surface area contributed by atoms with Crippen LogP contribution in [0.15, 0.2) is 18.2 Å². The SMILES string of the molecule is CC(=O)SCC#Cc1ccc(OC(F)(F)F)cc1N. The molecule has 1 rings (SSSR count). The highest BCUT2D eigenvalue weighted by molar-refractivity contribution is 8.13. The maximum atomic E-state index is 12.0. The van der Waals surface area contributed by atoms with Gasteiger partial charge in [0.2, 0.25) is 0 Å². The van der Waals surface area contributed by atoms with Crippen LogP contribution in [0, 0.1) is 11.8 Å². The molecule has 19 heavy (non-hydrogen) atoms. The van der Waals surface area contributed by atoms with Gasteiger partial charge in [-0.2, -0.15) is 0 Å². The predicted molar refractivity (Wildman–Crippen MR) is 67.6 cm³/mol. The van der Waals surface area contributed by atoms with E-state index < -0.39 is 12.1 Å². The van der Waals surface area contributed by atoms with Gasteiger partial charge in [0.1, 0.15) is 5.75 Å². The summed E-state index contributed by atoms with van der Waals surface area (Å²) < 4.78 is 39.6. The zero-order valence-corrected chi connectivity index (χ0v) is 10.7. The van der Waals surface area contributed by atoms with Crippen LogP contribution in [0.25, 0.3) is 0 Å². The highest BCUT2D eigenvalue weighted by atomic mass is 32.2. The van der Waals surface area contributed by atoms with Crippen molar-refractivity contribution in [3.8, 4) is 17.6 Å². The molecule has 0 saturated carbocycles. The number of rotatable bonds is 2. The van der Waals surface area contributed by atoms with Gasteiger partial charge < -0.3 is 10.5 Å². The molecule has 1 aromatic rings. The summed E-state index contributed by atoms with van der Waals surface area (Å²) in [7, 11) is 0. The van der Waals surface area contributed by atoms with Crippen molar-refractivity contribution in [3.63, 3.8) is 0 Å². The van der Waals surface area contributed by atoms with Crippen LogP contribution in [0.2, 0.25) is 0 Å². The average molecular weight is 289 g/mol. The molecule has 0 aliphatic carbocycles. The number of nitrogen functional groups attached to an aromatic ring is 1. The minimum Gasteiger partial charge on any atom is -0.406 e. The van der Waals surface area contributed by atoms with E-state index in [0.717, 1.165) is 23.9 Å². The van der Waals surface area contributed by atoms with E-state index in [0.29, 0.717) is 11.3 Å². The van der Waals surface area contributed by atoms with Crippen molar-refractivity contribution in [2.24, 2.45) is 0 Å². The fourth-order valence-corrected chi connectivity index (χ4v) is 1.47. The maximum Gasteiger partial charge on any atom is 0.573 e. The van der Waals surface area contributed by atoms with E-state index in [9.17, 15) is 18.0 Å². The van der Waals surface area contributed by atoms with Crippen molar-refractivity contribution >= 4 is 22.6 Å². The molecule has 7 heteroatoms. The Kier molecular flexibility index (Phi) is 5.12. The quantitative estimate of drug-likeness (QED) is 0.672. The lowest BCUT2D eigenvalue weighted by Crippen LogP contribution is -2.17. The van der Waals surface area contributed by atoms with Crippen molar-refractivity contribution in [1.82, 2.24) is 0 Å². The van der Waals surface area contributed by atoms with E-state index in [2.05, 4.69) is 16.6 Å². The summed E-state index contributed by atoms with van der Waals surface area (Å²) in [6, 6.07) is 3.52. The third kappa shape index (κ3) is 6.06. The summed E-state index contributed by atoms with van der Waals surface area (Å²) >= 11 is 1.04. The number of alkyl halides is 3. The lowest BCUT2D eigenvalue weighted by Gasteiger charge is -2.09. The van der Waals surface area contributed by atoms with Gasteiger partial charge in [-0.05, 0) is 12.1 Å². The molecule has 102 valence electrons. The van der Waals surface area contributed by atoms with Crippen LogP contribution in [0.5, 0.6) is 5.75 Å². The molecule has 0 saturated heterocycles. The van der Waals surface area contributed by atoms with Crippen molar-refractivity contribution in [1.29, 1.82) is 0 Å².